The van der Waals surface area contributed by atoms with Gasteiger partial charge in [0.1, 0.15) is 5.75 Å². The Balaban J connectivity index is 1.66. The van der Waals surface area contributed by atoms with E-state index in [2.05, 4.69) is 20.6 Å². The fourth-order valence-corrected chi connectivity index (χ4v) is 2.42. The molecule has 0 bridgehead atoms. The lowest BCUT2D eigenvalue weighted by Crippen LogP contribution is -2.13. The molecule has 1 aromatic heterocycles. The topological polar surface area (TPSA) is 79.4 Å². The lowest BCUT2D eigenvalue weighted by molar-refractivity contribution is 0.102. The Morgan fingerprint density at radius 3 is 2.30 bits per heavy atom. The number of anilines is 4. The molecule has 0 saturated carbocycles. The van der Waals surface area contributed by atoms with E-state index < -0.39 is 0 Å². The van der Waals surface area contributed by atoms with Crippen molar-refractivity contribution in [1.82, 2.24) is 9.97 Å². The van der Waals surface area contributed by atoms with Crippen molar-refractivity contribution < 1.29 is 9.53 Å². The summed E-state index contributed by atoms with van der Waals surface area (Å²) in [7, 11) is 5.53. The van der Waals surface area contributed by atoms with Crippen molar-refractivity contribution in [3.05, 3.63) is 66.5 Å². The molecule has 0 saturated heterocycles. The van der Waals surface area contributed by atoms with Crippen LogP contribution in [-0.4, -0.2) is 37.1 Å². The first-order chi connectivity index (χ1) is 13.1. The summed E-state index contributed by atoms with van der Waals surface area (Å²) >= 11 is 0. The predicted octanol–water partition coefficient (Wildman–Crippen LogP) is 3.55. The van der Waals surface area contributed by atoms with Crippen molar-refractivity contribution in [1.29, 1.82) is 0 Å². The molecule has 7 nitrogen and oxygen atoms in total. The summed E-state index contributed by atoms with van der Waals surface area (Å²) in [5.41, 5.74) is 2.92. The smallest absolute Gasteiger partial charge is 0.258 e. The van der Waals surface area contributed by atoms with E-state index in [1.54, 1.807) is 19.2 Å². The minimum Gasteiger partial charge on any atom is -0.495 e. The minimum atomic E-state index is -0.304. The second-order valence-electron chi connectivity index (χ2n) is 6.02. The molecule has 7 heteroatoms. The van der Waals surface area contributed by atoms with Gasteiger partial charge >= 0.3 is 0 Å². The number of para-hydroxylation sites is 2. The number of amides is 1. The predicted molar refractivity (Wildman–Crippen MR) is 107 cm³/mol. The fraction of sp³-hybridized carbons (Fsp3) is 0.150. The molecule has 0 aliphatic carbocycles. The van der Waals surface area contributed by atoms with Crippen molar-refractivity contribution in [2.75, 3.05) is 36.7 Å². The van der Waals surface area contributed by atoms with Gasteiger partial charge in [-0.1, -0.05) is 12.1 Å². The molecule has 2 aromatic carbocycles. The minimum absolute atomic E-state index is 0.304. The highest BCUT2D eigenvalue weighted by Crippen LogP contribution is 2.23. The molecule has 0 unspecified atom stereocenters. The zero-order valence-electron chi connectivity index (χ0n) is 15.4. The molecule has 0 fully saturated rings. The first-order valence-electron chi connectivity index (χ1n) is 8.37. The summed E-state index contributed by atoms with van der Waals surface area (Å²) in [5.74, 6) is 0.703. The highest BCUT2D eigenvalue weighted by Gasteiger charge is 2.10. The molecule has 138 valence electrons. The average Bonchev–Trinajstić information content (AvgIpc) is 2.69. The third-order valence-electron chi connectivity index (χ3n) is 3.91. The Kier molecular flexibility index (Phi) is 5.51. The van der Waals surface area contributed by atoms with Gasteiger partial charge in [0.15, 0.2) is 0 Å². The Morgan fingerprint density at radius 1 is 1.00 bits per heavy atom. The van der Waals surface area contributed by atoms with Gasteiger partial charge in [-0.25, -0.2) is 9.97 Å². The van der Waals surface area contributed by atoms with Crippen LogP contribution in [0.1, 0.15) is 10.4 Å². The quantitative estimate of drug-likeness (QED) is 0.697. The highest BCUT2D eigenvalue weighted by atomic mass is 16.5. The van der Waals surface area contributed by atoms with Crippen LogP contribution in [-0.2, 0) is 0 Å². The van der Waals surface area contributed by atoms with Crippen LogP contribution < -0.4 is 20.3 Å². The Labute approximate surface area is 158 Å². The number of hydrogen-bond acceptors (Lipinski definition) is 6. The number of carbonyl (C=O) groups is 1. The van der Waals surface area contributed by atoms with Crippen LogP contribution >= 0.6 is 0 Å². The van der Waals surface area contributed by atoms with Crippen molar-refractivity contribution in [2.24, 2.45) is 0 Å². The molecule has 0 spiro atoms. The number of benzene rings is 2. The van der Waals surface area contributed by atoms with Gasteiger partial charge in [0.05, 0.1) is 18.4 Å². The summed E-state index contributed by atoms with van der Waals surface area (Å²) in [6.45, 7) is 0. The van der Waals surface area contributed by atoms with E-state index in [4.69, 9.17) is 4.74 Å². The van der Waals surface area contributed by atoms with Gasteiger partial charge in [-0.15, -0.1) is 0 Å². The number of nitrogens with zero attached hydrogens (tertiary/aromatic N) is 3. The van der Waals surface area contributed by atoms with Crippen LogP contribution in [0.15, 0.2) is 60.9 Å². The standard InChI is InChI=1S/C20H21N5O2/c1-25(2)16-10-8-15(9-11-16)23-20-21-12-14(13-22-20)19(26)24-17-6-4-5-7-18(17)27-3/h4-13H,1-3H3,(H,24,26)(H,21,22,23). The summed E-state index contributed by atoms with van der Waals surface area (Å²) in [6.07, 6.45) is 2.96. The lowest BCUT2D eigenvalue weighted by atomic mass is 10.2. The normalized spacial score (nSPS) is 10.2. The van der Waals surface area contributed by atoms with Crippen LogP contribution in [0.4, 0.5) is 23.0 Å². The van der Waals surface area contributed by atoms with Gasteiger partial charge in [-0.2, -0.15) is 0 Å². The van der Waals surface area contributed by atoms with Gasteiger partial charge in [0.2, 0.25) is 5.95 Å². The maximum Gasteiger partial charge on any atom is 0.258 e. The summed E-state index contributed by atoms with van der Waals surface area (Å²) in [6, 6.07) is 15.1. The van der Waals surface area contributed by atoms with Crippen LogP contribution in [0.3, 0.4) is 0 Å². The maximum atomic E-state index is 12.4. The lowest BCUT2D eigenvalue weighted by Gasteiger charge is -2.13. The molecule has 3 rings (SSSR count). The zero-order valence-corrected chi connectivity index (χ0v) is 15.4. The second kappa shape index (κ2) is 8.18. The first-order valence-corrected chi connectivity index (χ1v) is 8.37. The molecule has 1 heterocycles. The summed E-state index contributed by atoms with van der Waals surface area (Å²) in [4.78, 5) is 22.8. The number of carbonyl (C=O) groups excluding carboxylic acids is 1. The summed E-state index contributed by atoms with van der Waals surface area (Å²) in [5, 5.41) is 5.91. The van der Waals surface area contributed by atoms with E-state index in [0.29, 0.717) is 22.9 Å². The van der Waals surface area contributed by atoms with Gasteiger partial charge < -0.3 is 20.3 Å². The van der Waals surface area contributed by atoms with Gasteiger partial charge in [0, 0.05) is 37.9 Å². The van der Waals surface area contributed by atoms with Crippen molar-refractivity contribution in [3.8, 4) is 5.75 Å². The van der Waals surface area contributed by atoms with Crippen LogP contribution in [0, 0.1) is 0 Å². The number of rotatable bonds is 6. The first kappa shape index (κ1) is 18.2. The van der Waals surface area contributed by atoms with Gasteiger partial charge in [-0.05, 0) is 36.4 Å². The molecule has 3 aromatic rings. The molecular weight excluding hydrogens is 342 g/mol. The molecule has 0 atom stereocenters. The van der Waals surface area contributed by atoms with E-state index >= 15 is 0 Å². The van der Waals surface area contributed by atoms with Crippen LogP contribution in [0.25, 0.3) is 0 Å². The van der Waals surface area contributed by atoms with Crippen molar-refractivity contribution >= 4 is 28.9 Å². The Hall–Kier alpha value is -3.61. The number of nitrogens with one attached hydrogen (secondary N) is 2. The molecule has 0 aliphatic heterocycles. The molecule has 27 heavy (non-hydrogen) atoms. The van der Waals surface area contributed by atoms with Gasteiger partial charge in [-0.3, -0.25) is 4.79 Å². The molecule has 2 N–H and O–H groups in total. The SMILES string of the molecule is COc1ccccc1NC(=O)c1cnc(Nc2ccc(N(C)C)cc2)nc1. The number of ether oxygens (including phenoxy) is 1. The van der Waals surface area contributed by atoms with Crippen LogP contribution in [0.2, 0.25) is 0 Å². The molecule has 0 aliphatic rings. The highest BCUT2D eigenvalue weighted by molar-refractivity contribution is 6.04. The third kappa shape index (κ3) is 4.52. The zero-order chi connectivity index (χ0) is 19.2. The number of methoxy groups -OCH3 is 1. The number of aromatic nitrogens is 2. The molecule has 0 radical (unpaired) electrons. The number of hydrogen-bond donors (Lipinski definition) is 2. The Bertz CT molecular complexity index is 908. The van der Waals surface area contributed by atoms with Crippen molar-refractivity contribution in [2.45, 2.75) is 0 Å². The Morgan fingerprint density at radius 2 is 1.67 bits per heavy atom. The maximum absolute atomic E-state index is 12.4. The average molecular weight is 363 g/mol. The van der Waals surface area contributed by atoms with E-state index in [0.717, 1.165) is 11.4 Å². The van der Waals surface area contributed by atoms with E-state index in [9.17, 15) is 4.79 Å². The van der Waals surface area contributed by atoms with E-state index in [1.807, 2.05) is 55.4 Å². The monoisotopic (exact) mass is 363 g/mol. The van der Waals surface area contributed by atoms with Crippen LogP contribution in [0.5, 0.6) is 5.75 Å². The molecular formula is C20H21N5O2. The van der Waals surface area contributed by atoms with Crippen molar-refractivity contribution in [3.63, 3.8) is 0 Å². The fourth-order valence-electron chi connectivity index (χ4n) is 2.42. The van der Waals surface area contributed by atoms with E-state index in [-0.39, 0.29) is 5.91 Å². The van der Waals surface area contributed by atoms with Gasteiger partial charge in [0.25, 0.3) is 5.91 Å². The summed E-state index contributed by atoms with van der Waals surface area (Å²) < 4.78 is 5.23. The molecule has 1 amide bonds. The third-order valence-corrected chi connectivity index (χ3v) is 3.91. The second-order valence-corrected chi connectivity index (χ2v) is 6.02. The largest absolute Gasteiger partial charge is 0.495 e. The van der Waals surface area contributed by atoms with E-state index in [1.165, 1.54) is 12.4 Å².